The zero-order valence-corrected chi connectivity index (χ0v) is 11.8. The van der Waals surface area contributed by atoms with E-state index < -0.39 is 10.0 Å². The van der Waals surface area contributed by atoms with Gasteiger partial charge in [0.25, 0.3) is 0 Å². The Labute approximate surface area is 108 Å². The van der Waals surface area contributed by atoms with Crippen LogP contribution in [0.25, 0.3) is 0 Å². The van der Waals surface area contributed by atoms with Crippen LogP contribution in [0.2, 0.25) is 0 Å². The van der Waals surface area contributed by atoms with Crippen molar-refractivity contribution in [1.29, 1.82) is 0 Å². The zero-order chi connectivity index (χ0) is 13.3. The predicted molar refractivity (Wildman–Crippen MR) is 71.9 cm³/mol. The third kappa shape index (κ3) is 2.60. The predicted octanol–water partition coefficient (Wildman–Crippen LogP) is 0.682. The van der Waals surface area contributed by atoms with Gasteiger partial charge in [0.15, 0.2) is 0 Å². The fourth-order valence-corrected chi connectivity index (χ4v) is 3.25. The third-order valence-electron chi connectivity index (χ3n) is 3.67. The average Bonchev–Trinajstić information content (AvgIpc) is 2.65. The van der Waals surface area contributed by atoms with Crippen molar-refractivity contribution in [3.8, 4) is 0 Å². The summed E-state index contributed by atoms with van der Waals surface area (Å²) in [4.78, 5) is 0. The number of nitrogens with zero attached hydrogens (tertiary/aromatic N) is 1. The van der Waals surface area contributed by atoms with Crippen molar-refractivity contribution >= 4 is 10.0 Å². The number of aromatic nitrogens is 1. The molecule has 0 aliphatic heterocycles. The van der Waals surface area contributed by atoms with E-state index in [2.05, 4.69) is 15.4 Å². The van der Waals surface area contributed by atoms with E-state index in [1.807, 2.05) is 6.92 Å². The van der Waals surface area contributed by atoms with Crippen LogP contribution in [0, 0.1) is 6.92 Å². The maximum Gasteiger partial charge on any atom is 0.213 e. The molecule has 0 radical (unpaired) electrons. The molecule has 6 heteroatoms. The quantitative estimate of drug-likeness (QED) is 0.845. The summed E-state index contributed by atoms with van der Waals surface area (Å²) < 4.78 is 27.4. The normalized spacial score (nSPS) is 19.8. The number of aryl methyl sites for hydroxylation is 1. The Bertz CT molecular complexity index is 534. The topological polar surface area (TPSA) is 77.1 Å². The Morgan fingerprint density at radius 3 is 2.94 bits per heavy atom. The molecule has 0 amide bonds. The number of hydrogen-bond donors (Lipinski definition) is 2. The van der Waals surface area contributed by atoms with E-state index >= 15 is 0 Å². The molecule has 0 bridgehead atoms. The smallest absolute Gasteiger partial charge is 0.213 e. The highest BCUT2D eigenvalue weighted by Crippen LogP contribution is 2.30. The van der Waals surface area contributed by atoms with Gasteiger partial charge in [-0.25, -0.2) is 13.1 Å². The minimum Gasteiger partial charge on any atom is -0.347 e. The molecule has 1 heterocycles. The Morgan fingerprint density at radius 1 is 1.56 bits per heavy atom. The van der Waals surface area contributed by atoms with Gasteiger partial charge < -0.3 is 10.3 Å². The van der Waals surface area contributed by atoms with Crippen molar-refractivity contribution in [2.45, 2.75) is 38.8 Å². The van der Waals surface area contributed by atoms with E-state index in [1.54, 1.807) is 0 Å². The van der Waals surface area contributed by atoms with Crippen LogP contribution in [-0.2, 0) is 23.0 Å². The van der Waals surface area contributed by atoms with Gasteiger partial charge in [-0.1, -0.05) is 0 Å². The number of nitrogens with one attached hydrogen (secondary N) is 1. The lowest BCUT2D eigenvalue weighted by atomic mass is 9.93. The highest BCUT2D eigenvalue weighted by atomic mass is 32.2. The van der Waals surface area contributed by atoms with Crippen LogP contribution < -0.4 is 10.5 Å². The van der Waals surface area contributed by atoms with Crippen LogP contribution in [0.15, 0.2) is 6.07 Å². The average molecular weight is 271 g/mol. The number of fused-ring (bicyclic) bond motifs is 1. The lowest BCUT2D eigenvalue weighted by Crippen LogP contribution is -2.26. The van der Waals surface area contributed by atoms with Gasteiger partial charge >= 0.3 is 0 Å². The van der Waals surface area contributed by atoms with Crippen LogP contribution in [-0.4, -0.2) is 25.8 Å². The molecule has 0 saturated heterocycles. The van der Waals surface area contributed by atoms with Crippen LogP contribution in [0.4, 0.5) is 0 Å². The molecular formula is C12H21N3O2S. The lowest BCUT2D eigenvalue weighted by Gasteiger charge is -2.21. The summed E-state index contributed by atoms with van der Waals surface area (Å²) in [6.07, 6.45) is 3.10. The van der Waals surface area contributed by atoms with Crippen LogP contribution in [0.1, 0.15) is 35.8 Å². The van der Waals surface area contributed by atoms with E-state index in [0.717, 1.165) is 25.0 Å². The lowest BCUT2D eigenvalue weighted by molar-refractivity contribution is 0.539. The summed E-state index contributed by atoms with van der Waals surface area (Å²) in [6, 6.07) is 2.21. The molecule has 0 saturated carbocycles. The molecule has 0 aromatic carbocycles. The number of sulfonamides is 1. The standard InChI is InChI=1S/C12H21N3O2S/c1-9-8-10-11(13)4-3-5-12(10)15(9)6-7-18(16,17)14-2/h8,11,14H,3-7,13H2,1-2H3. The molecule has 102 valence electrons. The van der Waals surface area contributed by atoms with Crippen molar-refractivity contribution in [3.05, 3.63) is 23.0 Å². The van der Waals surface area contributed by atoms with Gasteiger partial charge in [-0.15, -0.1) is 0 Å². The SMILES string of the molecule is CNS(=O)(=O)CCn1c(C)cc2c1CCCC2N. The first-order chi connectivity index (χ1) is 8.44. The molecule has 1 unspecified atom stereocenters. The summed E-state index contributed by atoms with van der Waals surface area (Å²) in [5.74, 6) is 0.112. The summed E-state index contributed by atoms with van der Waals surface area (Å²) >= 11 is 0. The van der Waals surface area contributed by atoms with E-state index in [-0.39, 0.29) is 11.8 Å². The molecular weight excluding hydrogens is 250 g/mol. The molecule has 1 aliphatic rings. The Morgan fingerprint density at radius 2 is 2.28 bits per heavy atom. The maximum absolute atomic E-state index is 11.5. The molecule has 1 aromatic heterocycles. The maximum atomic E-state index is 11.5. The highest BCUT2D eigenvalue weighted by molar-refractivity contribution is 7.89. The van der Waals surface area contributed by atoms with Crippen molar-refractivity contribution in [2.75, 3.05) is 12.8 Å². The Hall–Kier alpha value is -0.850. The molecule has 3 N–H and O–H groups in total. The first kappa shape index (κ1) is 13.6. The van der Waals surface area contributed by atoms with E-state index in [9.17, 15) is 8.42 Å². The van der Waals surface area contributed by atoms with Gasteiger partial charge in [0.1, 0.15) is 0 Å². The van der Waals surface area contributed by atoms with Crippen molar-refractivity contribution < 1.29 is 8.42 Å². The Kier molecular flexibility index (Phi) is 3.79. The van der Waals surface area contributed by atoms with E-state index in [4.69, 9.17) is 5.73 Å². The minimum atomic E-state index is -3.15. The van der Waals surface area contributed by atoms with E-state index in [0.29, 0.717) is 6.54 Å². The molecule has 1 aromatic rings. The highest BCUT2D eigenvalue weighted by Gasteiger charge is 2.22. The zero-order valence-electron chi connectivity index (χ0n) is 10.9. The van der Waals surface area contributed by atoms with Crippen molar-refractivity contribution in [2.24, 2.45) is 5.73 Å². The fraction of sp³-hybridized carbons (Fsp3) is 0.667. The van der Waals surface area contributed by atoms with Gasteiger partial charge in [-0.2, -0.15) is 0 Å². The van der Waals surface area contributed by atoms with Crippen molar-refractivity contribution in [1.82, 2.24) is 9.29 Å². The minimum absolute atomic E-state index is 0.106. The van der Waals surface area contributed by atoms with Gasteiger partial charge in [-0.05, 0) is 44.9 Å². The van der Waals surface area contributed by atoms with Gasteiger partial charge in [0, 0.05) is 24.0 Å². The summed E-state index contributed by atoms with van der Waals surface area (Å²) in [6.45, 7) is 2.51. The molecule has 2 rings (SSSR count). The number of nitrogens with two attached hydrogens (primary N) is 1. The van der Waals surface area contributed by atoms with Crippen LogP contribution in [0.3, 0.4) is 0 Å². The second kappa shape index (κ2) is 5.03. The number of hydrogen-bond acceptors (Lipinski definition) is 3. The monoisotopic (exact) mass is 271 g/mol. The summed E-state index contributed by atoms with van der Waals surface area (Å²) in [5, 5.41) is 0. The van der Waals surface area contributed by atoms with Gasteiger partial charge in [0.2, 0.25) is 10.0 Å². The molecule has 1 atom stereocenters. The van der Waals surface area contributed by atoms with Crippen molar-refractivity contribution in [3.63, 3.8) is 0 Å². The summed E-state index contributed by atoms with van der Waals surface area (Å²) in [5.41, 5.74) is 9.61. The first-order valence-corrected chi connectivity index (χ1v) is 7.95. The van der Waals surface area contributed by atoms with Crippen LogP contribution in [0.5, 0.6) is 0 Å². The largest absolute Gasteiger partial charge is 0.347 e. The molecule has 0 spiro atoms. The fourth-order valence-electron chi connectivity index (χ4n) is 2.63. The Balaban J connectivity index is 2.24. The second-order valence-corrected chi connectivity index (χ2v) is 6.91. The van der Waals surface area contributed by atoms with Gasteiger partial charge in [0.05, 0.1) is 5.75 Å². The molecule has 0 fully saturated rings. The first-order valence-electron chi connectivity index (χ1n) is 6.30. The van der Waals surface area contributed by atoms with E-state index in [1.165, 1.54) is 18.3 Å². The van der Waals surface area contributed by atoms with Gasteiger partial charge in [-0.3, -0.25) is 0 Å². The second-order valence-electron chi connectivity index (χ2n) is 4.86. The third-order valence-corrected chi connectivity index (χ3v) is 5.01. The molecule has 5 nitrogen and oxygen atoms in total. The molecule has 1 aliphatic carbocycles. The van der Waals surface area contributed by atoms with Crippen LogP contribution >= 0.6 is 0 Å². The summed E-state index contributed by atoms with van der Waals surface area (Å²) in [7, 11) is -1.71. The number of rotatable bonds is 4. The molecule has 18 heavy (non-hydrogen) atoms.